The van der Waals surface area contributed by atoms with Gasteiger partial charge in [-0.05, 0) is 20.3 Å². The first-order valence-corrected chi connectivity index (χ1v) is 8.35. The number of aryl methyl sites for hydroxylation is 2. The number of ether oxygens (including phenoxy) is 1. The Labute approximate surface area is 119 Å². The van der Waals surface area contributed by atoms with Crippen LogP contribution in [0.5, 0.6) is 0 Å². The number of esters is 1. The maximum Gasteiger partial charge on any atom is 0.358 e. The average molecular weight is 303 g/mol. The first kappa shape index (κ1) is 16.5. The molecule has 0 saturated carbocycles. The number of hydrogen-bond acceptors (Lipinski definition) is 6. The highest BCUT2D eigenvalue weighted by molar-refractivity contribution is 7.91. The van der Waals surface area contributed by atoms with Crippen molar-refractivity contribution in [3.05, 3.63) is 11.4 Å². The van der Waals surface area contributed by atoms with E-state index < -0.39 is 15.8 Å². The second-order valence-electron chi connectivity index (χ2n) is 4.39. The van der Waals surface area contributed by atoms with Crippen LogP contribution in [0.1, 0.15) is 36.5 Å². The Morgan fingerprint density at radius 3 is 2.60 bits per heavy atom. The summed E-state index contributed by atoms with van der Waals surface area (Å²) in [5, 5.41) is 4.13. The summed E-state index contributed by atoms with van der Waals surface area (Å²) < 4.78 is 29.1. The normalized spacial score (nSPS) is 11.6. The fourth-order valence-corrected chi connectivity index (χ4v) is 2.54. The summed E-state index contributed by atoms with van der Waals surface area (Å²) in [5.74, 6) is -0.465. The van der Waals surface area contributed by atoms with E-state index in [-0.39, 0.29) is 30.2 Å². The van der Waals surface area contributed by atoms with Crippen LogP contribution >= 0.6 is 0 Å². The number of sulfone groups is 1. The van der Waals surface area contributed by atoms with E-state index in [1.807, 2.05) is 6.92 Å². The molecule has 1 aromatic rings. The lowest BCUT2D eigenvalue weighted by Gasteiger charge is -2.07. The summed E-state index contributed by atoms with van der Waals surface area (Å²) in [7, 11) is -3.03. The maximum absolute atomic E-state index is 11.9. The Kier molecular flexibility index (Phi) is 5.55. The van der Waals surface area contributed by atoms with Gasteiger partial charge in [-0.2, -0.15) is 5.10 Å². The molecule has 1 aromatic heterocycles. The Morgan fingerprint density at radius 2 is 2.05 bits per heavy atom. The molecule has 7 nitrogen and oxygen atoms in total. The highest BCUT2D eigenvalue weighted by Gasteiger charge is 2.20. The van der Waals surface area contributed by atoms with Crippen molar-refractivity contribution < 1.29 is 17.9 Å². The van der Waals surface area contributed by atoms with Crippen LogP contribution in [0.15, 0.2) is 0 Å². The largest absolute Gasteiger partial charge is 0.461 e. The van der Waals surface area contributed by atoms with Gasteiger partial charge in [0.25, 0.3) is 0 Å². The Balaban J connectivity index is 2.60. The van der Waals surface area contributed by atoms with Crippen LogP contribution < -0.4 is 5.73 Å². The van der Waals surface area contributed by atoms with Gasteiger partial charge in [0.2, 0.25) is 0 Å². The summed E-state index contributed by atoms with van der Waals surface area (Å²) >= 11 is 0. The summed E-state index contributed by atoms with van der Waals surface area (Å²) in [6, 6.07) is 0. The molecular weight excluding hydrogens is 282 g/mol. The predicted octanol–water partition coefficient (Wildman–Crippen LogP) is 0.775. The molecule has 0 spiro atoms. The molecule has 0 atom stereocenters. The molecule has 0 aliphatic carbocycles. The smallest absolute Gasteiger partial charge is 0.358 e. The molecule has 1 rings (SSSR count). The van der Waals surface area contributed by atoms with Crippen molar-refractivity contribution in [2.24, 2.45) is 0 Å². The SMILES string of the molecule is CCn1nc(C)c(N)c1C(=O)OCCCS(=O)(=O)CC. The standard InChI is InChI=1S/C12H21N3O4S/c1-4-15-11(10(13)9(3)14-15)12(16)19-7-6-8-20(17,18)5-2/h4-8,13H2,1-3H3. The quantitative estimate of drug-likeness (QED) is 0.589. The van der Waals surface area contributed by atoms with E-state index in [1.54, 1.807) is 13.8 Å². The van der Waals surface area contributed by atoms with E-state index in [9.17, 15) is 13.2 Å². The van der Waals surface area contributed by atoms with Crippen LogP contribution in [-0.4, -0.2) is 42.3 Å². The monoisotopic (exact) mass is 303 g/mol. The first-order chi connectivity index (χ1) is 9.32. The Morgan fingerprint density at radius 1 is 1.40 bits per heavy atom. The number of nitrogens with two attached hydrogens (primary N) is 1. The lowest BCUT2D eigenvalue weighted by Crippen LogP contribution is -2.17. The van der Waals surface area contributed by atoms with E-state index in [2.05, 4.69) is 5.10 Å². The van der Waals surface area contributed by atoms with Gasteiger partial charge in [-0.15, -0.1) is 0 Å². The van der Waals surface area contributed by atoms with Crippen LogP contribution in [0, 0.1) is 6.92 Å². The number of anilines is 1. The van der Waals surface area contributed by atoms with Crippen LogP contribution in [0.3, 0.4) is 0 Å². The van der Waals surface area contributed by atoms with Gasteiger partial charge in [0, 0.05) is 12.3 Å². The van der Waals surface area contributed by atoms with Crippen molar-refractivity contribution in [3.8, 4) is 0 Å². The molecule has 0 aromatic carbocycles. The molecule has 0 amide bonds. The second kappa shape index (κ2) is 6.74. The highest BCUT2D eigenvalue weighted by atomic mass is 32.2. The molecule has 114 valence electrons. The number of nitrogens with zero attached hydrogens (tertiary/aromatic N) is 2. The van der Waals surface area contributed by atoms with Crippen molar-refractivity contribution in [3.63, 3.8) is 0 Å². The molecule has 0 bridgehead atoms. The van der Waals surface area contributed by atoms with E-state index >= 15 is 0 Å². The van der Waals surface area contributed by atoms with Gasteiger partial charge in [-0.1, -0.05) is 6.92 Å². The summed E-state index contributed by atoms with van der Waals surface area (Å²) in [6.45, 7) is 5.70. The second-order valence-corrected chi connectivity index (χ2v) is 6.86. The van der Waals surface area contributed by atoms with Crippen molar-refractivity contribution in [2.45, 2.75) is 33.7 Å². The van der Waals surface area contributed by atoms with Gasteiger partial charge in [-0.25, -0.2) is 13.2 Å². The molecule has 0 radical (unpaired) electrons. The molecule has 0 unspecified atom stereocenters. The number of nitrogen functional groups attached to an aromatic ring is 1. The van der Waals surface area contributed by atoms with Crippen LogP contribution in [-0.2, 0) is 21.1 Å². The fourth-order valence-electron chi connectivity index (χ4n) is 1.70. The first-order valence-electron chi connectivity index (χ1n) is 6.52. The van der Waals surface area contributed by atoms with E-state index in [4.69, 9.17) is 10.5 Å². The van der Waals surface area contributed by atoms with Crippen molar-refractivity contribution in [1.82, 2.24) is 9.78 Å². The van der Waals surface area contributed by atoms with Crippen LogP contribution in [0.2, 0.25) is 0 Å². The van der Waals surface area contributed by atoms with Crippen LogP contribution in [0.4, 0.5) is 5.69 Å². The van der Waals surface area contributed by atoms with Crippen molar-refractivity contribution in [1.29, 1.82) is 0 Å². The number of carbonyl (C=O) groups is 1. The highest BCUT2D eigenvalue weighted by Crippen LogP contribution is 2.17. The van der Waals surface area contributed by atoms with Crippen molar-refractivity contribution in [2.75, 3.05) is 23.8 Å². The zero-order chi connectivity index (χ0) is 15.3. The van der Waals surface area contributed by atoms with Gasteiger partial charge in [0.05, 0.1) is 23.7 Å². The molecule has 0 fully saturated rings. The lowest BCUT2D eigenvalue weighted by atomic mass is 10.3. The van der Waals surface area contributed by atoms with Gasteiger partial charge in [0.1, 0.15) is 9.84 Å². The molecule has 0 saturated heterocycles. The molecule has 0 aliphatic rings. The third kappa shape index (κ3) is 3.96. The minimum absolute atomic E-state index is 0.0122. The third-order valence-corrected chi connectivity index (χ3v) is 4.73. The van der Waals surface area contributed by atoms with E-state index in [0.717, 1.165) is 0 Å². The molecule has 0 aliphatic heterocycles. The van der Waals surface area contributed by atoms with E-state index in [1.165, 1.54) is 4.68 Å². The third-order valence-electron chi connectivity index (χ3n) is 2.94. The number of aromatic nitrogens is 2. The summed E-state index contributed by atoms with van der Waals surface area (Å²) in [4.78, 5) is 11.9. The lowest BCUT2D eigenvalue weighted by molar-refractivity contribution is 0.0492. The van der Waals surface area contributed by atoms with Gasteiger partial charge in [-0.3, -0.25) is 4.68 Å². The molecular formula is C12H21N3O4S. The average Bonchev–Trinajstić information content (AvgIpc) is 2.70. The van der Waals surface area contributed by atoms with Gasteiger partial charge >= 0.3 is 5.97 Å². The number of rotatable bonds is 7. The van der Waals surface area contributed by atoms with Crippen LogP contribution in [0.25, 0.3) is 0 Å². The topological polar surface area (TPSA) is 104 Å². The molecule has 8 heteroatoms. The minimum atomic E-state index is -3.03. The maximum atomic E-state index is 11.9. The minimum Gasteiger partial charge on any atom is -0.461 e. The van der Waals surface area contributed by atoms with Gasteiger partial charge < -0.3 is 10.5 Å². The summed E-state index contributed by atoms with van der Waals surface area (Å²) in [5.41, 5.74) is 6.90. The molecule has 2 N–H and O–H groups in total. The van der Waals surface area contributed by atoms with E-state index in [0.29, 0.717) is 17.9 Å². The number of carbonyl (C=O) groups excluding carboxylic acids is 1. The van der Waals surface area contributed by atoms with Crippen molar-refractivity contribution >= 4 is 21.5 Å². The fraction of sp³-hybridized carbons (Fsp3) is 0.667. The Bertz CT molecular complexity index is 578. The summed E-state index contributed by atoms with van der Waals surface area (Å²) in [6.07, 6.45) is 0.279. The zero-order valence-electron chi connectivity index (χ0n) is 12.0. The number of hydrogen-bond donors (Lipinski definition) is 1. The Hall–Kier alpha value is -1.57. The predicted molar refractivity (Wildman–Crippen MR) is 76.3 cm³/mol. The van der Waals surface area contributed by atoms with Gasteiger partial charge in [0.15, 0.2) is 5.69 Å². The molecule has 20 heavy (non-hydrogen) atoms. The molecule has 1 heterocycles. The zero-order valence-corrected chi connectivity index (χ0v) is 12.9.